The Morgan fingerprint density at radius 2 is 1.69 bits per heavy atom. The fraction of sp³-hybridized carbons (Fsp3) is 0.100. The van der Waals surface area contributed by atoms with Crippen LogP contribution >= 0.6 is 0 Å². The van der Waals surface area contributed by atoms with Crippen molar-refractivity contribution in [2.75, 3.05) is 7.11 Å². The molecule has 0 aliphatic heterocycles. The Bertz CT molecular complexity index is 289. The third-order valence-electron chi connectivity index (χ3n) is 1.55. The Morgan fingerprint density at radius 1 is 1.08 bits per heavy atom. The van der Waals surface area contributed by atoms with Crippen molar-refractivity contribution in [2.45, 2.75) is 0 Å². The van der Waals surface area contributed by atoms with Crippen LogP contribution < -0.4 is 17.5 Å². The van der Waals surface area contributed by atoms with Gasteiger partial charge in [0.2, 0.25) is 0 Å². The summed E-state index contributed by atoms with van der Waals surface area (Å²) >= 11 is 0. The van der Waals surface area contributed by atoms with Crippen LogP contribution in [0, 0.1) is 0 Å². The van der Waals surface area contributed by atoms with Crippen LogP contribution in [0.5, 0.6) is 0 Å². The van der Waals surface area contributed by atoms with E-state index in [-0.39, 0.29) is 38.6 Å². The molecule has 13 heavy (non-hydrogen) atoms. The van der Waals surface area contributed by atoms with Crippen molar-refractivity contribution in [1.29, 1.82) is 0 Å². The molecular weight excluding hydrogens is 263 g/mol. The van der Waals surface area contributed by atoms with Gasteiger partial charge in [-0.3, -0.25) is 0 Å². The Kier molecular flexibility index (Phi) is 10.2. The first kappa shape index (κ1) is 15.4. The molecule has 0 fully saturated rings. The van der Waals surface area contributed by atoms with Gasteiger partial charge < -0.3 is 17.5 Å². The van der Waals surface area contributed by atoms with E-state index >= 15 is 0 Å². The van der Waals surface area contributed by atoms with Crippen molar-refractivity contribution in [1.82, 2.24) is 0 Å². The van der Waals surface area contributed by atoms with Gasteiger partial charge in [-0.15, -0.1) is 29.7 Å². The number of fused-ring (bicyclic) bond motifs is 1. The molecule has 0 unspecified atom stereocenters. The van der Waals surface area contributed by atoms with Crippen LogP contribution in [-0.4, -0.2) is 7.11 Å². The fourth-order valence-electron chi connectivity index (χ4n) is 1.07. The summed E-state index contributed by atoms with van der Waals surface area (Å²) in [6, 6.07) is 14.7. The van der Waals surface area contributed by atoms with E-state index in [9.17, 15) is 0 Å². The van der Waals surface area contributed by atoms with Crippen LogP contribution in [0.3, 0.4) is 0 Å². The summed E-state index contributed by atoms with van der Waals surface area (Å²) in [4.78, 5) is 0. The first-order valence-corrected chi connectivity index (χ1v) is 3.48. The summed E-state index contributed by atoms with van der Waals surface area (Å²) in [6.45, 7) is 0. The molecule has 0 bridgehead atoms. The maximum absolute atomic E-state index is 8.25. The van der Waals surface area contributed by atoms with Crippen LogP contribution in [0.25, 0.3) is 10.8 Å². The zero-order chi connectivity index (χ0) is 8.10. The molecule has 0 aliphatic carbocycles. The second-order valence-corrected chi connectivity index (χ2v) is 2.15. The SMILES string of the molecule is C[O-].[Cl-].[Zr+3].c1ccc2[cH-]ccc2c1. The standard InChI is InChI=1S/C9H7.CH3O.ClH.Zr/c1-2-5-9-7-3-6-8(9)4-1;1-2;;/h1-7H;1H3;1H;/q2*-1;;+3/p-1. The minimum absolute atomic E-state index is 0. The number of hydrogen-bond acceptors (Lipinski definition) is 1. The molecule has 0 heterocycles. The van der Waals surface area contributed by atoms with Gasteiger partial charge >= 0.3 is 26.2 Å². The maximum Gasteiger partial charge on any atom is 3.00 e. The monoisotopic (exact) mass is 271 g/mol. The van der Waals surface area contributed by atoms with Crippen molar-refractivity contribution in [2.24, 2.45) is 0 Å². The summed E-state index contributed by atoms with van der Waals surface area (Å²) in [7, 11) is 0.750. The van der Waals surface area contributed by atoms with Crippen LogP contribution in [0.15, 0.2) is 42.5 Å². The molecule has 67 valence electrons. The van der Waals surface area contributed by atoms with Crippen LogP contribution in [0.2, 0.25) is 0 Å². The third-order valence-corrected chi connectivity index (χ3v) is 1.55. The van der Waals surface area contributed by atoms with Gasteiger partial charge in [-0.05, 0) is 0 Å². The minimum Gasteiger partial charge on any atom is -1.00 e. The Balaban J connectivity index is 0. The first-order chi connectivity index (χ1) is 5.47. The number of rotatable bonds is 0. The summed E-state index contributed by atoms with van der Waals surface area (Å²) in [5.74, 6) is 0. The van der Waals surface area contributed by atoms with Gasteiger partial charge in [-0.2, -0.15) is 24.6 Å². The predicted octanol–water partition coefficient (Wildman–Crippen LogP) is -1.46. The second-order valence-electron chi connectivity index (χ2n) is 2.15. The molecule has 0 N–H and O–H groups in total. The fourth-order valence-corrected chi connectivity index (χ4v) is 1.07. The Morgan fingerprint density at radius 3 is 2.31 bits per heavy atom. The molecule has 3 heteroatoms. The van der Waals surface area contributed by atoms with Gasteiger partial charge in [0.05, 0.1) is 0 Å². The predicted molar refractivity (Wildman–Crippen MR) is 45.5 cm³/mol. The van der Waals surface area contributed by atoms with E-state index in [0.717, 1.165) is 7.11 Å². The summed E-state index contributed by atoms with van der Waals surface area (Å²) in [6.07, 6.45) is 0. The number of halogens is 1. The average Bonchev–Trinajstić information content (AvgIpc) is 2.55. The summed E-state index contributed by atoms with van der Waals surface area (Å²) in [5, 5.41) is 10.9. The third kappa shape index (κ3) is 4.13. The largest absolute Gasteiger partial charge is 3.00 e. The van der Waals surface area contributed by atoms with Crippen molar-refractivity contribution in [3.05, 3.63) is 42.5 Å². The smallest absolute Gasteiger partial charge is 1.00 e. The normalized spacial score (nSPS) is 7.54. The first-order valence-electron chi connectivity index (χ1n) is 3.48. The van der Waals surface area contributed by atoms with E-state index in [1.807, 2.05) is 0 Å². The minimum atomic E-state index is 0. The van der Waals surface area contributed by atoms with Crippen molar-refractivity contribution in [3.63, 3.8) is 0 Å². The Labute approximate surface area is 104 Å². The topological polar surface area (TPSA) is 23.1 Å². The van der Waals surface area contributed by atoms with Crippen molar-refractivity contribution in [3.8, 4) is 0 Å². The van der Waals surface area contributed by atoms with E-state index in [1.165, 1.54) is 10.8 Å². The van der Waals surface area contributed by atoms with E-state index < -0.39 is 0 Å². The Hall–Kier alpha value is -0.0369. The van der Waals surface area contributed by atoms with Crippen molar-refractivity contribution < 1.29 is 43.7 Å². The van der Waals surface area contributed by atoms with Crippen LogP contribution in [0.4, 0.5) is 0 Å². The number of benzene rings is 1. The maximum atomic E-state index is 8.25. The molecule has 0 spiro atoms. The molecule has 2 rings (SSSR count). The van der Waals surface area contributed by atoms with Gasteiger partial charge in [-0.25, -0.2) is 0 Å². The van der Waals surface area contributed by atoms with Crippen LogP contribution in [-0.2, 0) is 26.2 Å². The molecule has 1 nitrogen and oxygen atoms in total. The molecule has 0 aliphatic rings. The summed E-state index contributed by atoms with van der Waals surface area (Å²) in [5.41, 5.74) is 0. The average molecular weight is 273 g/mol. The molecule has 0 amide bonds. The van der Waals surface area contributed by atoms with E-state index in [2.05, 4.69) is 42.5 Å². The second kappa shape index (κ2) is 8.56. The van der Waals surface area contributed by atoms with Gasteiger partial charge in [0.15, 0.2) is 0 Å². The molecule has 0 atom stereocenters. The van der Waals surface area contributed by atoms with E-state index in [1.54, 1.807) is 0 Å². The van der Waals surface area contributed by atoms with Gasteiger partial charge in [0, 0.05) is 0 Å². The number of hydrogen-bond donors (Lipinski definition) is 0. The van der Waals surface area contributed by atoms with Crippen LogP contribution in [0.1, 0.15) is 0 Å². The zero-order valence-corrected chi connectivity index (χ0v) is 10.5. The molecular formula is C10H10ClOZr. The van der Waals surface area contributed by atoms with Gasteiger partial charge in [0.25, 0.3) is 0 Å². The van der Waals surface area contributed by atoms with E-state index in [4.69, 9.17) is 5.11 Å². The molecule has 0 saturated heterocycles. The molecule has 2 aromatic rings. The van der Waals surface area contributed by atoms with Gasteiger partial charge in [0.1, 0.15) is 0 Å². The van der Waals surface area contributed by atoms with Crippen molar-refractivity contribution >= 4 is 10.8 Å². The van der Waals surface area contributed by atoms with E-state index in [0.29, 0.717) is 0 Å². The summed E-state index contributed by atoms with van der Waals surface area (Å²) < 4.78 is 0. The molecule has 1 radical (unpaired) electrons. The molecule has 2 aromatic carbocycles. The quantitative estimate of drug-likeness (QED) is 0.538. The molecule has 0 aromatic heterocycles. The zero-order valence-electron chi connectivity index (χ0n) is 7.33. The van der Waals surface area contributed by atoms with Gasteiger partial charge in [-0.1, -0.05) is 6.07 Å². The molecule has 0 saturated carbocycles.